The van der Waals surface area contributed by atoms with E-state index in [0.717, 1.165) is 15.6 Å². The summed E-state index contributed by atoms with van der Waals surface area (Å²) in [5.74, 6) is 1.96. The quantitative estimate of drug-likeness (QED) is 0.312. The topological polar surface area (TPSA) is 65.7 Å². The monoisotopic (exact) mass is 483 g/mol. The SMILES string of the molecule is C=CCc1cc(C=Nn2c(CC)nc3ccc(Br)cc3c2=O)cc(OCC)c1OCC. The minimum atomic E-state index is -0.207. The van der Waals surface area contributed by atoms with Gasteiger partial charge in [-0.15, -0.1) is 6.58 Å². The standard InChI is InChI=1S/C24H26BrN3O3/c1-5-9-17-12-16(13-21(30-7-3)23(17)31-8-4)15-26-28-22(6-2)27-20-11-10-18(25)14-19(20)24(28)29/h5,10-15H,1,6-9H2,2-4H3. The molecule has 31 heavy (non-hydrogen) atoms. The highest BCUT2D eigenvalue weighted by atomic mass is 79.9. The molecule has 0 spiro atoms. The Morgan fingerprint density at radius 3 is 2.61 bits per heavy atom. The third kappa shape index (κ3) is 5.05. The molecule has 1 heterocycles. The van der Waals surface area contributed by atoms with Crippen LogP contribution in [0.3, 0.4) is 0 Å². The van der Waals surface area contributed by atoms with Gasteiger partial charge >= 0.3 is 0 Å². The van der Waals surface area contributed by atoms with Gasteiger partial charge in [0.25, 0.3) is 5.56 Å². The number of hydrogen-bond donors (Lipinski definition) is 0. The minimum absolute atomic E-state index is 0.207. The summed E-state index contributed by atoms with van der Waals surface area (Å²) in [6.45, 7) is 10.7. The Labute approximate surface area is 190 Å². The van der Waals surface area contributed by atoms with Crippen LogP contribution in [0.15, 0.2) is 57.4 Å². The molecule has 0 saturated carbocycles. The number of aromatic nitrogens is 2. The summed E-state index contributed by atoms with van der Waals surface area (Å²) in [6.07, 6.45) is 4.67. The summed E-state index contributed by atoms with van der Waals surface area (Å²) in [5, 5.41) is 5.00. The van der Waals surface area contributed by atoms with Crippen molar-refractivity contribution in [1.29, 1.82) is 0 Å². The fourth-order valence-corrected chi connectivity index (χ4v) is 3.66. The average molecular weight is 484 g/mol. The van der Waals surface area contributed by atoms with Gasteiger partial charge in [-0.25, -0.2) is 4.98 Å². The largest absolute Gasteiger partial charge is 0.490 e. The van der Waals surface area contributed by atoms with Gasteiger partial charge in [0.2, 0.25) is 0 Å². The molecule has 0 unspecified atom stereocenters. The lowest BCUT2D eigenvalue weighted by Crippen LogP contribution is -2.22. The van der Waals surface area contributed by atoms with Crippen LogP contribution in [-0.2, 0) is 12.8 Å². The second-order valence-corrected chi connectivity index (χ2v) is 7.69. The summed E-state index contributed by atoms with van der Waals surface area (Å²) < 4.78 is 13.8. The molecule has 3 aromatic rings. The predicted molar refractivity (Wildman–Crippen MR) is 129 cm³/mol. The fourth-order valence-electron chi connectivity index (χ4n) is 3.30. The van der Waals surface area contributed by atoms with E-state index in [0.29, 0.717) is 54.3 Å². The van der Waals surface area contributed by atoms with Crippen molar-refractivity contribution in [2.45, 2.75) is 33.6 Å². The van der Waals surface area contributed by atoms with E-state index in [9.17, 15) is 4.79 Å². The third-order valence-electron chi connectivity index (χ3n) is 4.62. The van der Waals surface area contributed by atoms with Gasteiger partial charge in [0.1, 0.15) is 5.82 Å². The van der Waals surface area contributed by atoms with E-state index >= 15 is 0 Å². The zero-order valence-corrected chi connectivity index (χ0v) is 19.6. The Kier molecular flexibility index (Phi) is 7.63. The molecule has 0 atom stereocenters. The van der Waals surface area contributed by atoms with E-state index in [4.69, 9.17) is 9.47 Å². The molecule has 0 aliphatic rings. The molecule has 0 aliphatic heterocycles. The number of fused-ring (bicyclic) bond motifs is 1. The van der Waals surface area contributed by atoms with E-state index in [1.807, 2.05) is 51.1 Å². The number of halogens is 1. The lowest BCUT2D eigenvalue weighted by molar-refractivity contribution is 0.285. The molecule has 162 valence electrons. The van der Waals surface area contributed by atoms with Crippen molar-refractivity contribution in [3.05, 3.63) is 74.8 Å². The molecule has 0 N–H and O–H groups in total. The first-order valence-electron chi connectivity index (χ1n) is 10.3. The number of aryl methyl sites for hydroxylation is 1. The van der Waals surface area contributed by atoms with E-state index in [1.54, 1.807) is 12.3 Å². The number of hydrogen-bond acceptors (Lipinski definition) is 5. The molecule has 6 nitrogen and oxygen atoms in total. The molecule has 1 aromatic heterocycles. The van der Waals surface area contributed by atoms with Gasteiger partial charge in [-0.05, 0) is 56.2 Å². The average Bonchev–Trinajstić information content (AvgIpc) is 2.76. The molecule has 0 saturated heterocycles. The van der Waals surface area contributed by atoms with E-state index < -0.39 is 0 Å². The van der Waals surface area contributed by atoms with Gasteiger partial charge in [0.05, 0.1) is 30.3 Å². The van der Waals surface area contributed by atoms with Crippen molar-refractivity contribution in [2.75, 3.05) is 13.2 Å². The molecule has 0 fully saturated rings. The van der Waals surface area contributed by atoms with Crippen LogP contribution in [0.25, 0.3) is 10.9 Å². The zero-order valence-electron chi connectivity index (χ0n) is 18.0. The van der Waals surface area contributed by atoms with Crippen molar-refractivity contribution in [1.82, 2.24) is 9.66 Å². The Balaban J connectivity index is 2.12. The number of ether oxygens (including phenoxy) is 2. The minimum Gasteiger partial charge on any atom is -0.490 e. The zero-order chi connectivity index (χ0) is 22.4. The Morgan fingerprint density at radius 2 is 1.94 bits per heavy atom. The highest BCUT2D eigenvalue weighted by molar-refractivity contribution is 9.10. The van der Waals surface area contributed by atoms with E-state index in [-0.39, 0.29) is 5.56 Å². The van der Waals surface area contributed by atoms with Crippen molar-refractivity contribution < 1.29 is 9.47 Å². The van der Waals surface area contributed by atoms with Gasteiger partial charge in [-0.1, -0.05) is 28.9 Å². The Morgan fingerprint density at radius 1 is 1.16 bits per heavy atom. The summed E-state index contributed by atoms with van der Waals surface area (Å²) in [4.78, 5) is 17.7. The Bertz CT molecular complexity index is 1180. The van der Waals surface area contributed by atoms with Gasteiger partial charge < -0.3 is 9.47 Å². The summed E-state index contributed by atoms with van der Waals surface area (Å²) >= 11 is 3.42. The maximum Gasteiger partial charge on any atom is 0.282 e. The highest BCUT2D eigenvalue weighted by Crippen LogP contribution is 2.33. The van der Waals surface area contributed by atoms with Crippen LogP contribution in [0.4, 0.5) is 0 Å². The molecule has 0 aliphatic carbocycles. The summed E-state index contributed by atoms with van der Waals surface area (Å²) in [7, 11) is 0. The first kappa shape index (κ1) is 22.7. The summed E-state index contributed by atoms with van der Waals surface area (Å²) in [6, 6.07) is 9.31. The van der Waals surface area contributed by atoms with Crippen LogP contribution in [0, 0.1) is 0 Å². The normalized spacial score (nSPS) is 11.2. The number of allylic oxidation sites excluding steroid dienone is 1. The van der Waals surface area contributed by atoms with Crippen molar-refractivity contribution in [3.8, 4) is 11.5 Å². The maximum absolute atomic E-state index is 13.1. The lowest BCUT2D eigenvalue weighted by Gasteiger charge is -2.15. The van der Waals surface area contributed by atoms with Crippen LogP contribution < -0.4 is 15.0 Å². The van der Waals surface area contributed by atoms with Crippen molar-refractivity contribution >= 4 is 33.0 Å². The first-order valence-corrected chi connectivity index (χ1v) is 11.1. The molecular formula is C24H26BrN3O3. The fraction of sp³-hybridized carbons (Fsp3) is 0.292. The molecule has 3 rings (SSSR count). The van der Waals surface area contributed by atoms with Crippen molar-refractivity contribution in [3.63, 3.8) is 0 Å². The number of benzene rings is 2. The van der Waals surface area contributed by atoms with Crippen LogP contribution in [0.1, 0.15) is 37.7 Å². The van der Waals surface area contributed by atoms with Crippen LogP contribution in [-0.4, -0.2) is 29.1 Å². The number of rotatable bonds is 9. The lowest BCUT2D eigenvalue weighted by atomic mass is 10.1. The van der Waals surface area contributed by atoms with Crippen LogP contribution in [0.5, 0.6) is 11.5 Å². The van der Waals surface area contributed by atoms with Crippen molar-refractivity contribution in [2.24, 2.45) is 5.10 Å². The smallest absolute Gasteiger partial charge is 0.282 e. The Hall–Kier alpha value is -2.93. The van der Waals surface area contributed by atoms with E-state index in [1.165, 1.54) is 4.68 Å². The predicted octanol–water partition coefficient (Wildman–Crippen LogP) is 5.13. The van der Waals surface area contributed by atoms with Crippen LogP contribution >= 0.6 is 15.9 Å². The molecule has 0 radical (unpaired) electrons. The van der Waals surface area contributed by atoms with Gasteiger partial charge in [0, 0.05) is 16.5 Å². The maximum atomic E-state index is 13.1. The van der Waals surface area contributed by atoms with Gasteiger partial charge in [-0.3, -0.25) is 4.79 Å². The molecule has 0 amide bonds. The molecule has 0 bridgehead atoms. The second kappa shape index (κ2) is 10.4. The highest BCUT2D eigenvalue weighted by Gasteiger charge is 2.13. The summed E-state index contributed by atoms with van der Waals surface area (Å²) in [5.41, 5.74) is 2.20. The van der Waals surface area contributed by atoms with Crippen LogP contribution in [0.2, 0.25) is 0 Å². The number of nitrogens with zero attached hydrogens (tertiary/aromatic N) is 3. The molecule has 2 aromatic carbocycles. The third-order valence-corrected chi connectivity index (χ3v) is 5.11. The van der Waals surface area contributed by atoms with Gasteiger partial charge in [0.15, 0.2) is 11.5 Å². The second-order valence-electron chi connectivity index (χ2n) is 6.77. The first-order chi connectivity index (χ1) is 15.0. The van der Waals surface area contributed by atoms with Gasteiger partial charge in [-0.2, -0.15) is 9.78 Å². The van der Waals surface area contributed by atoms with E-state index in [2.05, 4.69) is 32.6 Å². The molecule has 7 heteroatoms. The molecular weight excluding hydrogens is 458 g/mol.